The molecule has 0 saturated heterocycles. The Hall–Kier alpha value is -1.91. The van der Waals surface area contributed by atoms with E-state index in [4.69, 9.17) is 9.47 Å². The minimum Gasteiger partial charge on any atom is -0.383 e. The van der Waals surface area contributed by atoms with Gasteiger partial charge in [-0.05, 0) is 24.3 Å². The van der Waals surface area contributed by atoms with E-state index in [9.17, 15) is 17.1 Å². The normalized spacial score (nSPS) is 11.1. The van der Waals surface area contributed by atoms with Crippen LogP contribution in [0.4, 0.5) is 14.4 Å². The zero-order valence-electron chi connectivity index (χ0n) is 12.8. The van der Waals surface area contributed by atoms with Gasteiger partial charge in [0.2, 0.25) is 0 Å². The van der Waals surface area contributed by atoms with Gasteiger partial charge < -0.3 is 23.9 Å². The summed E-state index contributed by atoms with van der Waals surface area (Å²) in [7, 11) is -2.01. The van der Waals surface area contributed by atoms with Crippen LogP contribution in [0.3, 0.4) is 0 Å². The lowest BCUT2D eigenvalue weighted by Crippen LogP contribution is -2.39. The van der Waals surface area contributed by atoms with Crippen molar-refractivity contribution in [2.75, 3.05) is 45.8 Å². The van der Waals surface area contributed by atoms with Gasteiger partial charge in [0.25, 0.3) is 0 Å². The van der Waals surface area contributed by atoms with Gasteiger partial charge in [-0.2, -0.15) is 8.42 Å². The van der Waals surface area contributed by atoms with E-state index in [0.717, 1.165) is 0 Å². The monoisotopic (exact) mass is 350 g/mol. The fraction of sp³-hybridized carbons (Fsp3) is 0.462. The number of carbonyl (C=O) groups is 1. The van der Waals surface area contributed by atoms with Crippen molar-refractivity contribution in [2.45, 2.75) is 0 Å². The fourth-order valence-electron chi connectivity index (χ4n) is 1.63. The lowest BCUT2D eigenvalue weighted by atomic mass is 10.3. The summed E-state index contributed by atoms with van der Waals surface area (Å²) in [5.41, 5.74) is 0.401. The summed E-state index contributed by atoms with van der Waals surface area (Å²) in [5, 5.41) is 2.63. The van der Waals surface area contributed by atoms with Crippen molar-refractivity contribution >= 4 is 22.2 Å². The molecule has 0 aliphatic carbocycles. The molecule has 0 aliphatic heterocycles. The number of amides is 2. The zero-order valence-corrected chi connectivity index (χ0v) is 13.6. The third kappa shape index (κ3) is 7.77. The van der Waals surface area contributed by atoms with E-state index < -0.39 is 10.5 Å². The molecular weight excluding hydrogens is 331 g/mol. The second-order valence-electron chi connectivity index (χ2n) is 4.40. The number of nitrogens with zero attached hydrogens (tertiary/aromatic N) is 1. The standard InChI is InChI=1S/C13H19FN2O6S/c1-20-9-7-16(8-10-21-2)13(17)15-11-3-5-12(6-4-11)22-23(14,18)19/h3-6H,7-10H2,1-2H3,(H,15,17). The molecule has 0 aliphatic rings. The van der Waals surface area contributed by atoms with Gasteiger partial charge in [0.15, 0.2) is 0 Å². The number of carbonyl (C=O) groups excluding carboxylic acids is 1. The summed E-state index contributed by atoms with van der Waals surface area (Å²) >= 11 is 0. The van der Waals surface area contributed by atoms with Crippen LogP contribution in [0.15, 0.2) is 24.3 Å². The van der Waals surface area contributed by atoms with E-state index in [1.165, 1.54) is 43.4 Å². The molecule has 23 heavy (non-hydrogen) atoms. The average molecular weight is 350 g/mol. The minimum atomic E-state index is -5.07. The maximum absolute atomic E-state index is 12.4. The molecule has 1 rings (SSSR count). The van der Waals surface area contributed by atoms with E-state index in [1.807, 2.05) is 0 Å². The Morgan fingerprint density at radius 3 is 2.09 bits per heavy atom. The molecule has 1 N–H and O–H groups in total. The highest BCUT2D eigenvalue weighted by Gasteiger charge is 2.14. The van der Waals surface area contributed by atoms with Crippen LogP contribution in [0.2, 0.25) is 0 Å². The number of ether oxygens (including phenoxy) is 2. The summed E-state index contributed by atoms with van der Waals surface area (Å²) in [5.74, 6) is -0.193. The largest absolute Gasteiger partial charge is 0.488 e. The molecule has 8 nitrogen and oxygen atoms in total. The van der Waals surface area contributed by atoms with Crippen LogP contribution >= 0.6 is 0 Å². The van der Waals surface area contributed by atoms with E-state index in [0.29, 0.717) is 32.0 Å². The number of hydrogen-bond acceptors (Lipinski definition) is 6. The molecule has 130 valence electrons. The Labute approximate surface area is 134 Å². The van der Waals surface area contributed by atoms with Gasteiger partial charge in [-0.25, -0.2) is 4.79 Å². The first kappa shape index (κ1) is 19.1. The number of rotatable bonds is 9. The number of methoxy groups -OCH3 is 2. The third-order valence-corrected chi connectivity index (χ3v) is 3.11. The Kier molecular flexibility index (Phi) is 7.72. The van der Waals surface area contributed by atoms with Gasteiger partial charge in [-0.1, -0.05) is 3.89 Å². The molecule has 0 atom stereocenters. The van der Waals surface area contributed by atoms with Crippen LogP contribution in [0, 0.1) is 0 Å². The van der Waals surface area contributed by atoms with Crippen LogP contribution < -0.4 is 9.50 Å². The summed E-state index contributed by atoms with van der Waals surface area (Å²) in [6, 6.07) is 4.86. The number of anilines is 1. The molecule has 0 fully saturated rings. The van der Waals surface area contributed by atoms with Gasteiger partial charge >= 0.3 is 16.5 Å². The molecule has 0 heterocycles. The number of hydrogen-bond donors (Lipinski definition) is 1. The van der Waals surface area contributed by atoms with Crippen molar-refractivity contribution in [1.82, 2.24) is 4.90 Å². The highest BCUT2D eigenvalue weighted by molar-refractivity contribution is 7.81. The predicted octanol–water partition coefficient (Wildman–Crippen LogP) is 1.41. The highest BCUT2D eigenvalue weighted by Crippen LogP contribution is 2.18. The molecule has 1 aromatic rings. The topological polar surface area (TPSA) is 94.2 Å². The molecule has 0 saturated carbocycles. The first-order valence-corrected chi connectivity index (χ1v) is 7.94. The lowest BCUT2D eigenvalue weighted by molar-refractivity contribution is 0.127. The van der Waals surface area contributed by atoms with Gasteiger partial charge in [-0.15, -0.1) is 0 Å². The third-order valence-electron chi connectivity index (χ3n) is 2.72. The Morgan fingerprint density at radius 1 is 1.13 bits per heavy atom. The Balaban J connectivity index is 2.66. The van der Waals surface area contributed by atoms with Crippen molar-refractivity contribution in [3.63, 3.8) is 0 Å². The van der Waals surface area contributed by atoms with Crippen LogP contribution in [0.5, 0.6) is 5.75 Å². The van der Waals surface area contributed by atoms with Crippen LogP contribution in [0.1, 0.15) is 0 Å². The van der Waals surface area contributed by atoms with E-state index >= 15 is 0 Å². The van der Waals surface area contributed by atoms with Gasteiger partial charge in [0.05, 0.1) is 13.2 Å². The van der Waals surface area contributed by atoms with Crippen LogP contribution in [-0.4, -0.2) is 59.9 Å². The fourth-order valence-corrected chi connectivity index (χ4v) is 1.97. The maximum atomic E-state index is 12.4. The molecule has 0 aromatic heterocycles. The van der Waals surface area contributed by atoms with E-state index in [2.05, 4.69) is 9.50 Å². The van der Waals surface area contributed by atoms with Crippen LogP contribution in [-0.2, 0) is 20.0 Å². The molecule has 0 unspecified atom stereocenters. The first-order valence-electron chi connectivity index (χ1n) is 6.63. The summed E-state index contributed by atoms with van der Waals surface area (Å²) in [6.45, 7) is 1.51. The molecule has 10 heteroatoms. The quantitative estimate of drug-likeness (QED) is 0.677. The Bertz CT molecular complexity index is 585. The second-order valence-corrected chi connectivity index (χ2v) is 5.36. The molecule has 0 radical (unpaired) electrons. The predicted molar refractivity (Wildman–Crippen MR) is 81.4 cm³/mol. The lowest BCUT2D eigenvalue weighted by Gasteiger charge is -2.22. The highest BCUT2D eigenvalue weighted by atomic mass is 32.3. The smallest absolute Gasteiger partial charge is 0.383 e. The van der Waals surface area contributed by atoms with Crippen molar-refractivity contribution in [3.8, 4) is 5.75 Å². The maximum Gasteiger partial charge on any atom is 0.488 e. The number of urea groups is 1. The summed E-state index contributed by atoms with van der Waals surface area (Å²) in [4.78, 5) is 13.7. The van der Waals surface area contributed by atoms with Gasteiger partial charge in [0, 0.05) is 33.0 Å². The number of benzene rings is 1. The summed E-state index contributed by atoms with van der Waals surface area (Å²) < 4.78 is 47.1. The van der Waals surface area contributed by atoms with Crippen LogP contribution in [0.25, 0.3) is 0 Å². The molecule has 0 spiro atoms. The van der Waals surface area contributed by atoms with Gasteiger partial charge in [-0.3, -0.25) is 0 Å². The first-order chi connectivity index (χ1) is 10.9. The molecular formula is C13H19FN2O6S. The number of halogens is 1. The van der Waals surface area contributed by atoms with Crippen molar-refractivity contribution < 1.29 is 30.8 Å². The van der Waals surface area contributed by atoms with Crippen molar-refractivity contribution in [2.24, 2.45) is 0 Å². The number of nitrogens with one attached hydrogen (secondary N) is 1. The zero-order chi connectivity index (χ0) is 17.3. The average Bonchev–Trinajstić information content (AvgIpc) is 2.48. The Morgan fingerprint density at radius 2 is 1.65 bits per heavy atom. The minimum absolute atomic E-state index is 0.193. The summed E-state index contributed by atoms with van der Waals surface area (Å²) in [6.07, 6.45) is 0. The van der Waals surface area contributed by atoms with Crippen molar-refractivity contribution in [1.29, 1.82) is 0 Å². The van der Waals surface area contributed by atoms with E-state index in [1.54, 1.807) is 0 Å². The molecule has 2 amide bonds. The SMILES string of the molecule is COCCN(CCOC)C(=O)Nc1ccc(OS(=O)(=O)F)cc1. The van der Waals surface area contributed by atoms with Crippen molar-refractivity contribution in [3.05, 3.63) is 24.3 Å². The van der Waals surface area contributed by atoms with Gasteiger partial charge in [0.1, 0.15) is 5.75 Å². The molecule has 1 aromatic carbocycles. The second kappa shape index (κ2) is 9.28. The molecule has 0 bridgehead atoms. The van der Waals surface area contributed by atoms with E-state index in [-0.39, 0.29) is 11.8 Å².